The van der Waals surface area contributed by atoms with E-state index in [1.54, 1.807) is 0 Å². The van der Waals surface area contributed by atoms with E-state index in [0.29, 0.717) is 13.2 Å². The van der Waals surface area contributed by atoms with Crippen molar-refractivity contribution in [2.75, 3.05) is 27.2 Å². The number of aliphatic carboxylic acids is 4. The van der Waals surface area contributed by atoms with Crippen molar-refractivity contribution in [3.05, 3.63) is 29.8 Å². The minimum absolute atomic E-state index is 0.679. The number of benzene rings is 1. The predicted molar refractivity (Wildman–Crippen MR) is 93.5 cm³/mol. The Balaban J connectivity index is 0. The van der Waals surface area contributed by atoms with Crippen molar-refractivity contribution in [3.8, 4) is 5.75 Å². The molecular formula is C16H24N2O9. The highest BCUT2D eigenvalue weighted by molar-refractivity contribution is 6.27. The average Bonchev–Trinajstić information content (AvgIpc) is 2.57. The number of carboxylic acid groups (broad SMARTS) is 4. The number of hydrogen-bond donors (Lipinski definition) is 5. The zero-order valence-corrected chi connectivity index (χ0v) is 15.0. The first kappa shape index (κ1) is 26.1. The number of carboxylic acids is 4. The molecule has 11 nitrogen and oxygen atoms in total. The number of rotatable bonds is 6. The molecule has 0 radical (unpaired) electrons. The van der Waals surface area contributed by atoms with Crippen LogP contribution in [0.3, 0.4) is 0 Å². The Bertz CT molecular complexity index is 552. The highest BCUT2D eigenvalue weighted by atomic mass is 16.5. The Morgan fingerprint density at radius 1 is 0.889 bits per heavy atom. The molecule has 0 aliphatic rings. The molecule has 0 unspecified atom stereocenters. The van der Waals surface area contributed by atoms with E-state index in [1.165, 1.54) is 5.56 Å². The van der Waals surface area contributed by atoms with Crippen LogP contribution in [0.2, 0.25) is 0 Å². The van der Waals surface area contributed by atoms with Gasteiger partial charge in [0.2, 0.25) is 0 Å². The van der Waals surface area contributed by atoms with Crippen LogP contribution < -0.4 is 10.5 Å². The summed E-state index contributed by atoms with van der Waals surface area (Å²) in [5, 5.41) is 29.6. The molecule has 1 aromatic carbocycles. The molecule has 0 spiro atoms. The zero-order valence-electron chi connectivity index (χ0n) is 15.0. The third-order valence-corrected chi connectivity index (χ3v) is 2.41. The van der Waals surface area contributed by atoms with Gasteiger partial charge in [0.1, 0.15) is 5.75 Å². The van der Waals surface area contributed by atoms with E-state index in [0.717, 1.165) is 18.7 Å². The number of hydrogen-bond acceptors (Lipinski definition) is 7. The van der Waals surface area contributed by atoms with Gasteiger partial charge in [0, 0.05) is 6.54 Å². The Hall–Kier alpha value is -3.18. The molecule has 1 rings (SSSR count). The molecule has 0 saturated carbocycles. The molecule has 1 aromatic rings. The average molecular weight is 388 g/mol. The normalized spacial score (nSPS) is 9.19. The number of nitrogens with zero attached hydrogens (tertiary/aromatic N) is 1. The summed E-state index contributed by atoms with van der Waals surface area (Å²) in [4.78, 5) is 38.5. The quantitative estimate of drug-likeness (QED) is 0.320. The molecule has 0 aliphatic carbocycles. The molecule has 0 bridgehead atoms. The highest BCUT2D eigenvalue weighted by Crippen LogP contribution is 2.13. The number of carbonyl (C=O) groups is 4. The van der Waals surface area contributed by atoms with Gasteiger partial charge < -0.3 is 35.8 Å². The van der Waals surface area contributed by atoms with Crippen LogP contribution in [0.4, 0.5) is 0 Å². The summed E-state index contributed by atoms with van der Waals surface area (Å²) in [6, 6.07) is 8.21. The lowest BCUT2D eigenvalue weighted by atomic mass is 10.2. The van der Waals surface area contributed by atoms with E-state index in [-0.39, 0.29) is 0 Å². The molecule has 152 valence electrons. The van der Waals surface area contributed by atoms with Gasteiger partial charge in [0.25, 0.3) is 0 Å². The first-order valence-electron chi connectivity index (χ1n) is 7.50. The molecule has 27 heavy (non-hydrogen) atoms. The summed E-state index contributed by atoms with van der Waals surface area (Å²) in [6.45, 7) is 2.34. The van der Waals surface area contributed by atoms with Crippen LogP contribution in [0.1, 0.15) is 12.0 Å². The fourth-order valence-electron chi connectivity index (χ4n) is 1.33. The van der Waals surface area contributed by atoms with E-state index >= 15 is 0 Å². The topological polar surface area (TPSA) is 188 Å². The lowest BCUT2D eigenvalue weighted by Gasteiger charge is -2.10. The first-order chi connectivity index (χ1) is 12.5. The third-order valence-electron chi connectivity index (χ3n) is 2.41. The van der Waals surface area contributed by atoms with Crippen molar-refractivity contribution in [1.82, 2.24) is 4.90 Å². The number of ether oxygens (including phenoxy) is 1. The Kier molecular flexibility index (Phi) is 14.6. The van der Waals surface area contributed by atoms with E-state index in [2.05, 4.69) is 31.1 Å². The van der Waals surface area contributed by atoms with Crippen molar-refractivity contribution < 1.29 is 44.3 Å². The molecule has 0 fully saturated rings. The minimum Gasteiger partial charge on any atom is -0.494 e. The Labute approximate surface area is 155 Å². The maximum atomic E-state index is 9.10. The lowest BCUT2D eigenvalue weighted by molar-refractivity contribution is -0.159. The van der Waals surface area contributed by atoms with Gasteiger partial charge in [0.15, 0.2) is 0 Å². The monoisotopic (exact) mass is 388 g/mol. The van der Waals surface area contributed by atoms with E-state index in [4.69, 9.17) is 50.1 Å². The van der Waals surface area contributed by atoms with Gasteiger partial charge in [-0.1, -0.05) is 12.1 Å². The second kappa shape index (κ2) is 15.1. The Morgan fingerprint density at radius 3 is 1.59 bits per heavy atom. The van der Waals surface area contributed by atoms with Crippen LogP contribution in [-0.2, 0) is 25.7 Å². The third kappa shape index (κ3) is 17.4. The summed E-state index contributed by atoms with van der Waals surface area (Å²) in [5.74, 6) is -6.37. The minimum atomic E-state index is -1.82. The molecule has 0 atom stereocenters. The van der Waals surface area contributed by atoms with Gasteiger partial charge >= 0.3 is 23.9 Å². The van der Waals surface area contributed by atoms with Crippen LogP contribution in [0, 0.1) is 0 Å². The number of nitrogens with two attached hydrogens (primary N) is 1. The van der Waals surface area contributed by atoms with Gasteiger partial charge in [-0.2, -0.15) is 0 Å². The van der Waals surface area contributed by atoms with Crippen molar-refractivity contribution >= 4 is 23.9 Å². The highest BCUT2D eigenvalue weighted by Gasteiger charge is 2.04. The maximum absolute atomic E-state index is 9.10. The van der Waals surface area contributed by atoms with Crippen LogP contribution in [0.25, 0.3) is 0 Å². The molecule has 0 saturated heterocycles. The van der Waals surface area contributed by atoms with Gasteiger partial charge in [-0.3, -0.25) is 0 Å². The lowest BCUT2D eigenvalue weighted by Crippen LogP contribution is -2.10. The molecule has 0 aromatic heterocycles. The van der Waals surface area contributed by atoms with Gasteiger partial charge in [-0.05, 0) is 44.8 Å². The molecule has 0 amide bonds. The van der Waals surface area contributed by atoms with Crippen LogP contribution >= 0.6 is 0 Å². The molecule has 11 heteroatoms. The summed E-state index contributed by atoms with van der Waals surface area (Å²) >= 11 is 0. The van der Waals surface area contributed by atoms with Crippen molar-refractivity contribution in [1.29, 1.82) is 0 Å². The van der Waals surface area contributed by atoms with Crippen LogP contribution in [0.15, 0.2) is 24.3 Å². The maximum Gasteiger partial charge on any atom is 0.414 e. The van der Waals surface area contributed by atoms with Gasteiger partial charge in [0.05, 0.1) is 6.61 Å². The van der Waals surface area contributed by atoms with Crippen molar-refractivity contribution in [2.24, 2.45) is 5.73 Å². The second-order valence-corrected chi connectivity index (χ2v) is 5.09. The second-order valence-electron chi connectivity index (χ2n) is 5.09. The summed E-state index contributed by atoms with van der Waals surface area (Å²) in [7, 11) is 4.12. The first-order valence-corrected chi connectivity index (χ1v) is 7.50. The van der Waals surface area contributed by atoms with E-state index < -0.39 is 23.9 Å². The summed E-state index contributed by atoms with van der Waals surface area (Å²) < 4.78 is 5.51. The standard InChI is InChI=1S/C12H20N2O.2C2H2O4/c1-14(2)10-11-4-6-12(7-5-11)15-9-3-8-13;2*3-1(4)2(5)6/h4-7H,3,8-10,13H2,1-2H3;2*(H,3,4)(H,5,6). The van der Waals surface area contributed by atoms with Crippen molar-refractivity contribution in [3.63, 3.8) is 0 Å². The van der Waals surface area contributed by atoms with Crippen molar-refractivity contribution in [2.45, 2.75) is 13.0 Å². The fraction of sp³-hybridized carbons (Fsp3) is 0.375. The van der Waals surface area contributed by atoms with E-state index in [9.17, 15) is 0 Å². The van der Waals surface area contributed by atoms with E-state index in [1.807, 2.05) is 12.1 Å². The molecular weight excluding hydrogens is 364 g/mol. The van der Waals surface area contributed by atoms with Gasteiger partial charge in [-0.25, -0.2) is 19.2 Å². The molecule has 0 aliphatic heterocycles. The van der Waals surface area contributed by atoms with Crippen LogP contribution in [-0.4, -0.2) is 76.5 Å². The summed E-state index contributed by atoms with van der Waals surface area (Å²) in [6.07, 6.45) is 0.902. The smallest absolute Gasteiger partial charge is 0.414 e. The molecule has 6 N–H and O–H groups in total. The Morgan fingerprint density at radius 2 is 1.30 bits per heavy atom. The zero-order chi connectivity index (χ0) is 21.4. The molecule has 0 heterocycles. The van der Waals surface area contributed by atoms with Gasteiger partial charge in [-0.15, -0.1) is 0 Å². The summed E-state index contributed by atoms with van der Waals surface area (Å²) in [5.41, 5.74) is 6.68. The SMILES string of the molecule is CN(C)Cc1ccc(OCCCN)cc1.O=C(O)C(=O)O.O=C(O)C(=O)O. The predicted octanol–water partition coefficient (Wildman–Crippen LogP) is -0.213. The largest absolute Gasteiger partial charge is 0.494 e. The van der Waals surface area contributed by atoms with Crippen LogP contribution in [0.5, 0.6) is 5.75 Å². The fourth-order valence-corrected chi connectivity index (χ4v) is 1.33.